The van der Waals surface area contributed by atoms with Gasteiger partial charge in [0, 0.05) is 12.2 Å². The number of hydrazine groups is 1. The van der Waals surface area contributed by atoms with E-state index in [4.69, 9.17) is 0 Å². The molecule has 1 aliphatic heterocycles. The summed E-state index contributed by atoms with van der Waals surface area (Å²) in [5.74, 6) is 0.424. The van der Waals surface area contributed by atoms with E-state index in [0.29, 0.717) is 5.92 Å². The highest BCUT2D eigenvalue weighted by Crippen LogP contribution is 2.20. The molecule has 2 rings (SSSR count). The summed E-state index contributed by atoms with van der Waals surface area (Å²) in [7, 11) is 0. The van der Waals surface area contributed by atoms with Crippen molar-refractivity contribution < 1.29 is 9.90 Å². The largest absolute Gasteiger partial charge is 0.504 e. The number of anilines is 1. The van der Waals surface area contributed by atoms with Gasteiger partial charge in [-0.25, -0.2) is 10.4 Å². The number of aromatic hydroxyl groups is 1. The highest BCUT2D eigenvalue weighted by molar-refractivity contribution is 5.95. The lowest BCUT2D eigenvalue weighted by molar-refractivity contribution is -0.117. The van der Waals surface area contributed by atoms with Gasteiger partial charge in [-0.05, 0) is 24.5 Å². The van der Waals surface area contributed by atoms with Crippen LogP contribution >= 0.6 is 0 Å². The van der Waals surface area contributed by atoms with Gasteiger partial charge >= 0.3 is 0 Å². The average molecular weight is 250 g/mol. The number of carbonyl (C=O) groups excluding carboxylic acids is 1. The molecule has 0 spiro atoms. The number of pyridine rings is 1. The number of aromatic nitrogens is 1. The van der Waals surface area contributed by atoms with Crippen molar-refractivity contribution in [1.29, 1.82) is 0 Å². The lowest BCUT2D eigenvalue weighted by Gasteiger charge is -2.12. The summed E-state index contributed by atoms with van der Waals surface area (Å²) in [5.41, 5.74) is 6.05. The highest BCUT2D eigenvalue weighted by atomic mass is 16.3. The smallest absolute Gasteiger partial charge is 0.244 e. The maximum atomic E-state index is 12.0. The molecule has 1 fully saturated rings. The van der Waals surface area contributed by atoms with E-state index in [0.717, 1.165) is 6.42 Å². The van der Waals surface area contributed by atoms with Crippen molar-refractivity contribution in [3.8, 4) is 5.75 Å². The van der Waals surface area contributed by atoms with Crippen LogP contribution in [0.4, 0.5) is 5.82 Å². The topological polar surface area (TPSA) is 86.3 Å². The normalized spacial score (nSPS) is 23.3. The molecule has 2 atom stereocenters. The zero-order valence-electron chi connectivity index (χ0n) is 10.5. The monoisotopic (exact) mass is 250 g/mol. The summed E-state index contributed by atoms with van der Waals surface area (Å²) >= 11 is 0. The molecule has 1 aromatic rings. The SMILES string of the molecule is CC(C)C1CC(C(=O)Nc2ncccc2O)NN1. The summed E-state index contributed by atoms with van der Waals surface area (Å²) in [6, 6.07) is 3.06. The van der Waals surface area contributed by atoms with Crippen molar-refractivity contribution in [3.63, 3.8) is 0 Å². The van der Waals surface area contributed by atoms with Crippen LogP contribution in [-0.2, 0) is 4.79 Å². The van der Waals surface area contributed by atoms with E-state index in [2.05, 4.69) is 35.0 Å². The summed E-state index contributed by atoms with van der Waals surface area (Å²) in [4.78, 5) is 15.9. The molecule has 4 N–H and O–H groups in total. The number of rotatable bonds is 3. The van der Waals surface area contributed by atoms with Crippen LogP contribution in [0.2, 0.25) is 0 Å². The Labute approximate surface area is 106 Å². The minimum absolute atomic E-state index is 0.0304. The fourth-order valence-corrected chi connectivity index (χ4v) is 1.89. The quantitative estimate of drug-likeness (QED) is 0.631. The first-order chi connectivity index (χ1) is 8.58. The van der Waals surface area contributed by atoms with Gasteiger partial charge in [0.2, 0.25) is 5.91 Å². The predicted octanol–water partition coefficient (Wildman–Crippen LogP) is 0.617. The molecule has 2 heterocycles. The molecule has 6 heteroatoms. The maximum absolute atomic E-state index is 12.0. The number of carbonyl (C=O) groups is 1. The van der Waals surface area contributed by atoms with Gasteiger partial charge in [0.25, 0.3) is 0 Å². The van der Waals surface area contributed by atoms with Crippen molar-refractivity contribution in [3.05, 3.63) is 18.3 Å². The van der Waals surface area contributed by atoms with Gasteiger partial charge in [-0.2, -0.15) is 0 Å². The van der Waals surface area contributed by atoms with E-state index in [1.807, 2.05) is 0 Å². The Balaban J connectivity index is 1.96. The minimum Gasteiger partial charge on any atom is -0.504 e. The van der Waals surface area contributed by atoms with Crippen LogP contribution in [0.5, 0.6) is 5.75 Å². The first-order valence-electron chi connectivity index (χ1n) is 6.04. The molecule has 1 amide bonds. The molecule has 1 saturated heterocycles. The molecule has 0 aliphatic carbocycles. The third-order valence-corrected chi connectivity index (χ3v) is 3.08. The molecule has 18 heavy (non-hydrogen) atoms. The zero-order valence-corrected chi connectivity index (χ0v) is 10.5. The molecule has 0 aromatic carbocycles. The molecule has 1 aromatic heterocycles. The Kier molecular flexibility index (Phi) is 3.78. The zero-order chi connectivity index (χ0) is 13.1. The molecule has 0 radical (unpaired) electrons. The van der Waals surface area contributed by atoms with E-state index >= 15 is 0 Å². The van der Waals surface area contributed by atoms with E-state index in [9.17, 15) is 9.90 Å². The van der Waals surface area contributed by atoms with Crippen LogP contribution in [0.25, 0.3) is 0 Å². The molecule has 1 aliphatic rings. The second-order valence-electron chi connectivity index (χ2n) is 4.79. The van der Waals surface area contributed by atoms with E-state index < -0.39 is 0 Å². The van der Waals surface area contributed by atoms with Crippen LogP contribution < -0.4 is 16.2 Å². The number of nitrogens with zero attached hydrogens (tertiary/aromatic N) is 1. The van der Waals surface area contributed by atoms with E-state index in [1.165, 1.54) is 12.3 Å². The van der Waals surface area contributed by atoms with Crippen LogP contribution in [0, 0.1) is 5.92 Å². The average Bonchev–Trinajstić information content (AvgIpc) is 2.81. The third-order valence-electron chi connectivity index (χ3n) is 3.08. The number of amides is 1. The standard InChI is InChI=1S/C12H18N4O2/c1-7(2)8-6-9(16-15-8)12(18)14-11-10(17)4-3-5-13-11/h3-5,7-9,15-17H,6H2,1-2H3,(H,13,14,18). The maximum Gasteiger partial charge on any atom is 0.244 e. The Morgan fingerprint density at radius 3 is 2.94 bits per heavy atom. The van der Waals surface area contributed by atoms with Gasteiger partial charge in [-0.1, -0.05) is 13.8 Å². The molecular formula is C12H18N4O2. The predicted molar refractivity (Wildman–Crippen MR) is 67.8 cm³/mol. The van der Waals surface area contributed by atoms with Crippen molar-refractivity contribution in [1.82, 2.24) is 15.8 Å². The number of hydrogen-bond acceptors (Lipinski definition) is 5. The van der Waals surface area contributed by atoms with Gasteiger partial charge < -0.3 is 10.4 Å². The summed E-state index contributed by atoms with van der Waals surface area (Å²) in [6.45, 7) is 4.20. The second-order valence-corrected chi connectivity index (χ2v) is 4.79. The first-order valence-corrected chi connectivity index (χ1v) is 6.04. The molecule has 0 saturated carbocycles. The summed E-state index contributed by atoms with van der Waals surface area (Å²) in [5, 5.41) is 12.1. The third kappa shape index (κ3) is 2.77. The molecule has 0 bridgehead atoms. The first kappa shape index (κ1) is 12.8. The Bertz CT molecular complexity index is 436. The lowest BCUT2D eigenvalue weighted by atomic mass is 9.99. The van der Waals surface area contributed by atoms with E-state index in [1.54, 1.807) is 6.07 Å². The molecular weight excluding hydrogens is 232 g/mol. The van der Waals surface area contributed by atoms with Crippen LogP contribution in [-0.4, -0.2) is 28.1 Å². The van der Waals surface area contributed by atoms with Crippen molar-refractivity contribution in [2.24, 2.45) is 5.92 Å². The molecule has 6 nitrogen and oxygen atoms in total. The second kappa shape index (κ2) is 5.32. The van der Waals surface area contributed by atoms with Gasteiger partial charge in [-0.15, -0.1) is 0 Å². The van der Waals surface area contributed by atoms with Crippen molar-refractivity contribution >= 4 is 11.7 Å². The Morgan fingerprint density at radius 1 is 1.56 bits per heavy atom. The number of nitrogens with one attached hydrogen (secondary N) is 3. The molecule has 2 unspecified atom stereocenters. The highest BCUT2D eigenvalue weighted by Gasteiger charge is 2.31. The fourth-order valence-electron chi connectivity index (χ4n) is 1.89. The Morgan fingerprint density at radius 2 is 2.33 bits per heavy atom. The summed E-state index contributed by atoms with van der Waals surface area (Å²) in [6.07, 6.45) is 2.24. The minimum atomic E-state index is -0.307. The van der Waals surface area contributed by atoms with Crippen molar-refractivity contribution in [2.75, 3.05) is 5.32 Å². The fraction of sp³-hybridized carbons (Fsp3) is 0.500. The lowest BCUT2D eigenvalue weighted by Crippen LogP contribution is -2.40. The Hall–Kier alpha value is -1.66. The van der Waals surface area contributed by atoms with Gasteiger partial charge in [0.15, 0.2) is 11.6 Å². The van der Waals surface area contributed by atoms with Gasteiger partial charge in [0.1, 0.15) is 6.04 Å². The van der Waals surface area contributed by atoms with Gasteiger partial charge in [0.05, 0.1) is 0 Å². The molecule has 98 valence electrons. The van der Waals surface area contributed by atoms with Crippen LogP contribution in [0.3, 0.4) is 0 Å². The van der Waals surface area contributed by atoms with Crippen LogP contribution in [0.15, 0.2) is 18.3 Å². The van der Waals surface area contributed by atoms with E-state index in [-0.39, 0.29) is 29.6 Å². The van der Waals surface area contributed by atoms with Crippen LogP contribution in [0.1, 0.15) is 20.3 Å². The number of hydrogen-bond donors (Lipinski definition) is 4. The summed E-state index contributed by atoms with van der Waals surface area (Å²) < 4.78 is 0. The van der Waals surface area contributed by atoms with Gasteiger partial charge in [-0.3, -0.25) is 10.2 Å². The van der Waals surface area contributed by atoms with Crippen molar-refractivity contribution in [2.45, 2.75) is 32.4 Å².